The van der Waals surface area contributed by atoms with Gasteiger partial charge in [0.25, 0.3) is 5.91 Å². The van der Waals surface area contributed by atoms with Crippen LogP contribution in [0.25, 0.3) is 17.1 Å². The first kappa shape index (κ1) is 20.9. The van der Waals surface area contributed by atoms with Gasteiger partial charge in [-0.15, -0.1) is 0 Å². The number of nitrogens with zero attached hydrogens (tertiary/aromatic N) is 2. The Kier molecular flexibility index (Phi) is 6.32. The quantitative estimate of drug-likeness (QED) is 0.353. The molecule has 1 atom stereocenters. The van der Waals surface area contributed by atoms with Crippen LogP contribution in [0, 0.1) is 6.92 Å². The number of hydrogen-bond donors (Lipinski definition) is 1. The maximum atomic E-state index is 12.9. The maximum Gasteiger partial charge on any atom is 0.331 e. The van der Waals surface area contributed by atoms with Crippen LogP contribution in [-0.2, 0) is 14.3 Å². The van der Waals surface area contributed by atoms with Crippen molar-refractivity contribution >= 4 is 34.7 Å². The number of ether oxygens (including phenoxy) is 1. The molecule has 0 saturated carbocycles. The van der Waals surface area contributed by atoms with Gasteiger partial charge in [-0.05, 0) is 37.3 Å². The van der Waals surface area contributed by atoms with E-state index in [1.807, 2.05) is 49.4 Å². The summed E-state index contributed by atoms with van der Waals surface area (Å²) in [5.41, 5.74) is 4.28. The molecule has 32 heavy (non-hydrogen) atoms. The summed E-state index contributed by atoms with van der Waals surface area (Å²) in [4.78, 5) is 34.2. The van der Waals surface area contributed by atoms with Crippen molar-refractivity contribution in [3.8, 4) is 0 Å². The van der Waals surface area contributed by atoms with Crippen molar-refractivity contribution in [1.82, 2.24) is 9.97 Å². The second kappa shape index (κ2) is 9.66. The molecule has 1 aromatic heterocycles. The van der Waals surface area contributed by atoms with E-state index in [-0.39, 0.29) is 0 Å². The number of carbonyl (C=O) groups excluding carboxylic acids is 2. The molecular formula is C26H21N3O3. The van der Waals surface area contributed by atoms with Crippen molar-refractivity contribution in [1.29, 1.82) is 0 Å². The monoisotopic (exact) mass is 423 g/mol. The van der Waals surface area contributed by atoms with E-state index in [0.29, 0.717) is 16.9 Å². The Labute approximate surface area is 185 Å². The van der Waals surface area contributed by atoms with Gasteiger partial charge < -0.3 is 10.1 Å². The number of fused-ring (bicyclic) bond motifs is 1. The number of nitrogens with one attached hydrogen (secondary N) is 1. The lowest BCUT2D eigenvalue weighted by Gasteiger charge is -2.17. The normalized spacial score (nSPS) is 11.9. The number of anilines is 1. The Morgan fingerprint density at radius 3 is 2.34 bits per heavy atom. The van der Waals surface area contributed by atoms with E-state index in [0.717, 1.165) is 16.6 Å². The smallest absolute Gasteiger partial charge is 0.331 e. The van der Waals surface area contributed by atoms with Crippen molar-refractivity contribution in [2.45, 2.75) is 13.0 Å². The van der Waals surface area contributed by atoms with Crippen LogP contribution < -0.4 is 5.32 Å². The van der Waals surface area contributed by atoms with Crippen LogP contribution >= 0.6 is 0 Å². The molecule has 0 spiro atoms. The Balaban J connectivity index is 1.50. The molecule has 0 aliphatic carbocycles. The molecule has 0 bridgehead atoms. The molecule has 1 unspecified atom stereocenters. The average Bonchev–Trinajstić information content (AvgIpc) is 2.83. The highest BCUT2D eigenvalue weighted by molar-refractivity contribution is 5.97. The van der Waals surface area contributed by atoms with Crippen LogP contribution in [0.2, 0.25) is 0 Å². The van der Waals surface area contributed by atoms with E-state index in [1.54, 1.807) is 42.6 Å². The first-order valence-electron chi connectivity index (χ1n) is 10.1. The topological polar surface area (TPSA) is 81.2 Å². The van der Waals surface area contributed by atoms with Crippen molar-refractivity contribution in [3.63, 3.8) is 0 Å². The molecule has 1 N–H and O–H groups in total. The third kappa shape index (κ3) is 5.23. The maximum absolute atomic E-state index is 12.9. The number of carbonyl (C=O) groups is 2. The lowest BCUT2D eigenvalue weighted by Crippen LogP contribution is -2.25. The number of amides is 1. The van der Waals surface area contributed by atoms with E-state index in [9.17, 15) is 9.59 Å². The van der Waals surface area contributed by atoms with Crippen molar-refractivity contribution in [2.24, 2.45) is 0 Å². The Bertz CT molecular complexity index is 1270. The Morgan fingerprint density at radius 2 is 1.59 bits per heavy atom. The van der Waals surface area contributed by atoms with Crippen molar-refractivity contribution in [3.05, 3.63) is 108 Å². The van der Waals surface area contributed by atoms with Crippen LogP contribution in [-0.4, -0.2) is 21.8 Å². The molecule has 4 rings (SSSR count). The largest absolute Gasteiger partial charge is 0.444 e. The predicted molar refractivity (Wildman–Crippen MR) is 124 cm³/mol. The van der Waals surface area contributed by atoms with Crippen LogP contribution in [0.1, 0.15) is 22.9 Å². The molecule has 0 aliphatic rings. The van der Waals surface area contributed by atoms with Crippen LogP contribution in [0.5, 0.6) is 0 Å². The zero-order valence-electron chi connectivity index (χ0n) is 17.4. The van der Waals surface area contributed by atoms with Gasteiger partial charge in [0, 0.05) is 17.3 Å². The number of esters is 1. The first-order valence-corrected chi connectivity index (χ1v) is 10.1. The van der Waals surface area contributed by atoms with Crippen LogP contribution in [0.4, 0.5) is 5.69 Å². The molecule has 0 saturated heterocycles. The van der Waals surface area contributed by atoms with E-state index in [4.69, 9.17) is 4.74 Å². The van der Waals surface area contributed by atoms with Crippen LogP contribution in [0.3, 0.4) is 0 Å². The highest BCUT2D eigenvalue weighted by atomic mass is 16.5. The van der Waals surface area contributed by atoms with E-state index >= 15 is 0 Å². The Hall–Kier alpha value is -4.32. The molecule has 0 aliphatic heterocycles. The third-order valence-electron chi connectivity index (χ3n) is 4.75. The zero-order chi connectivity index (χ0) is 22.3. The summed E-state index contributed by atoms with van der Waals surface area (Å²) < 4.78 is 5.52. The summed E-state index contributed by atoms with van der Waals surface area (Å²) >= 11 is 0. The van der Waals surface area contributed by atoms with Gasteiger partial charge in [0.05, 0.1) is 22.9 Å². The van der Waals surface area contributed by atoms with E-state index < -0.39 is 18.0 Å². The molecule has 6 nitrogen and oxygen atoms in total. The van der Waals surface area contributed by atoms with Gasteiger partial charge in [0.2, 0.25) is 6.10 Å². The summed E-state index contributed by atoms with van der Waals surface area (Å²) in [5.74, 6) is -1.10. The molecule has 4 aromatic rings. The highest BCUT2D eigenvalue weighted by Crippen LogP contribution is 2.21. The van der Waals surface area contributed by atoms with Gasteiger partial charge >= 0.3 is 5.97 Å². The third-order valence-corrected chi connectivity index (χ3v) is 4.75. The second-order valence-electron chi connectivity index (χ2n) is 7.20. The fourth-order valence-electron chi connectivity index (χ4n) is 3.11. The van der Waals surface area contributed by atoms with Crippen molar-refractivity contribution < 1.29 is 14.3 Å². The zero-order valence-corrected chi connectivity index (χ0v) is 17.4. The summed E-state index contributed by atoms with van der Waals surface area (Å²) in [6.07, 6.45) is 3.23. The Morgan fingerprint density at radius 1 is 0.906 bits per heavy atom. The molecule has 3 aromatic carbocycles. The molecule has 0 fully saturated rings. The molecule has 0 radical (unpaired) electrons. The van der Waals surface area contributed by atoms with E-state index in [1.165, 1.54) is 12.2 Å². The van der Waals surface area contributed by atoms with Gasteiger partial charge in [0.15, 0.2) is 0 Å². The second-order valence-corrected chi connectivity index (χ2v) is 7.20. The van der Waals surface area contributed by atoms with Gasteiger partial charge in [0.1, 0.15) is 0 Å². The molecule has 1 heterocycles. The number of benzene rings is 3. The first-order chi connectivity index (χ1) is 15.6. The number of aromatic nitrogens is 2. The fourth-order valence-corrected chi connectivity index (χ4v) is 3.11. The molecule has 158 valence electrons. The lowest BCUT2D eigenvalue weighted by molar-refractivity contribution is -0.149. The number of aryl methyl sites for hydroxylation is 1. The average molecular weight is 423 g/mol. The number of para-hydroxylation sites is 2. The number of hydrogen-bond acceptors (Lipinski definition) is 5. The summed E-state index contributed by atoms with van der Waals surface area (Å²) in [5, 5.41) is 2.80. The fraction of sp³-hybridized carbons (Fsp3) is 0.0769. The SMILES string of the molecule is Cc1ccc(NC(=O)C(OC(=O)/C=C/c2cnc3ccccc3n2)c2ccccc2)cc1. The molecule has 1 amide bonds. The van der Waals surface area contributed by atoms with Gasteiger partial charge in [-0.3, -0.25) is 9.78 Å². The number of rotatable bonds is 6. The minimum Gasteiger partial charge on any atom is -0.444 e. The lowest BCUT2D eigenvalue weighted by atomic mass is 10.1. The van der Waals surface area contributed by atoms with Crippen molar-refractivity contribution in [2.75, 3.05) is 5.32 Å². The van der Waals surface area contributed by atoms with Gasteiger partial charge in [-0.25, -0.2) is 9.78 Å². The minimum absolute atomic E-state index is 0.438. The van der Waals surface area contributed by atoms with Gasteiger partial charge in [-0.1, -0.05) is 60.2 Å². The predicted octanol–water partition coefficient (Wildman–Crippen LogP) is 4.87. The molecular weight excluding hydrogens is 402 g/mol. The molecule has 6 heteroatoms. The van der Waals surface area contributed by atoms with Gasteiger partial charge in [-0.2, -0.15) is 0 Å². The summed E-state index contributed by atoms with van der Waals surface area (Å²) in [6.45, 7) is 1.96. The highest BCUT2D eigenvalue weighted by Gasteiger charge is 2.24. The minimum atomic E-state index is -1.10. The summed E-state index contributed by atoms with van der Waals surface area (Å²) in [6, 6.07) is 23.7. The standard InChI is InChI=1S/C26H21N3O3/c1-18-11-13-20(14-12-18)29-26(31)25(19-7-3-2-4-8-19)32-24(30)16-15-21-17-27-22-9-5-6-10-23(22)28-21/h2-17,25H,1H3,(H,29,31)/b16-15+. The summed E-state index contributed by atoms with van der Waals surface area (Å²) in [7, 11) is 0. The van der Waals surface area contributed by atoms with Crippen LogP contribution in [0.15, 0.2) is 91.1 Å². The van der Waals surface area contributed by atoms with E-state index in [2.05, 4.69) is 15.3 Å².